The van der Waals surface area contributed by atoms with Crippen LogP contribution in [0.25, 0.3) is 6.08 Å². The zero-order valence-corrected chi connectivity index (χ0v) is 14.3. The van der Waals surface area contributed by atoms with E-state index in [4.69, 9.17) is 23.2 Å². The Morgan fingerprint density at radius 3 is 2.62 bits per heavy atom. The summed E-state index contributed by atoms with van der Waals surface area (Å²) in [6, 6.07) is 10.8. The first-order chi connectivity index (χ1) is 9.95. The smallest absolute Gasteiger partial charge is 0.248 e. The van der Waals surface area contributed by atoms with E-state index in [0.29, 0.717) is 10.0 Å². The lowest BCUT2D eigenvalue weighted by Gasteiger charge is -2.06. The van der Waals surface area contributed by atoms with Crippen molar-refractivity contribution in [3.8, 4) is 0 Å². The summed E-state index contributed by atoms with van der Waals surface area (Å²) < 4.78 is 0.974. The van der Waals surface area contributed by atoms with Crippen LogP contribution in [0, 0.1) is 6.92 Å². The van der Waals surface area contributed by atoms with Gasteiger partial charge in [0.25, 0.3) is 0 Å². The number of hydrogen-bond acceptors (Lipinski definition) is 1. The van der Waals surface area contributed by atoms with Crippen LogP contribution in [0.2, 0.25) is 10.0 Å². The van der Waals surface area contributed by atoms with Gasteiger partial charge < -0.3 is 5.32 Å². The van der Waals surface area contributed by atoms with Crippen LogP contribution < -0.4 is 5.32 Å². The number of hydrogen-bond donors (Lipinski definition) is 1. The minimum atomic E-state index is -0.216. The number of anilines is 1. The lowest BCUT2D eigenvalue weighted by molar-refractivity contribution is -0.111. The highest BCUT2D eigenvalue weighted by atomic mass is 79.9. The van der Waals surface area contributed by atoms with Crippen molar-refractivity contribution in [1.29, 1.82) is 0 Å². The Balaban J connectivity index is 2.09. The zero-order chi connectivity index (χ0) is 15.4. The van der Waals surface area contributed by atoms with Gasteiger partial charge in [-0.15, -0.1) is 0 Å². The van der Waals surface area contributed by atoms with Gasteiger partial charge in [0.2, 0.25) is 5.91 Å². The highest BCUT2D eigenvalue weighted by Crippen LogP contribution is 2.22. The van der Waals surface area contributed by atoms with Crippen molar-refractivity contribution in [2.75, 3.05) is 5.32 Å². The Morgan fingerprint density at radius 1 is 1.19 bits per heavy atom. The number of carbonyl (C=O) groups is 1. The number of benzene rings is 2. The lowest BCUT2D eigenvalue weighted by Crippen LogP contribution is -2.08. The van der Waals surface area contributed by atoms with Crippen LogP contribution in [0.1, 0.15) is 11.1 Å². The van der Waals surface area contributed by atoms with Gasteiger partial charge in [-0.1, -0.05) is 45.2 Å². The molecule has 0 aliphatic carbocycles. The van der Waals surface area contributed by atoms with E-state index in [1.165, 1.54) is 6.08 Å². The standard InChI is InChI=1S/C16H12BrCl2NO/c1-10-8-12(17)4-6-15(10)20-16(21)7-3-11-2-5-13(18)9-14(11)19/h2-9H,1H3,(H,20,21). The third kappa shape index (κ3) is 4.60. The third-order valence-electron chi connectivity index (χ3n) is 2.82. The van der Waals surface area contributed by atoms with Gasteiger partial charge in [-0.2, -0.15) is 0 Å². The Hall–Kier alpha value is -1.29. The molecule has 0 aromatic heterocycles. The van der Waals surface area contributed by atoms with Crippen molar-refractivity contribution in [1.82, 2.24) is 0 Å². The maximum absolute atomic E-state index is 11.9. The predicted molar refractivity (Wildman–Crippen MR) is 93.0 cm³/mol. The van der Waals surface area contributed by atoms with Crippen molar-refractivity contribution < 1.29 is 4.79 Å². The summed E-state index contributed by atoms with van der Waals surface area (Å²) in [6.45, 7) is 1.93. The molecule has 0 saturated carbocycles. The summed E-state index contributed by atoms with van der Waals surface area (Å²) in [4.78, 5) is 11.9. The van der Waals surface area contributed by atoms with Gasteiger partial charge in [0.05, 0.1) is 0 Å². The fraction of sp³-hybridized carbons (Fsp3) is 0.0625. The molecule has 108 valence electrons. The summed E-state index contributed by atoms with van der Waals surface area (Å²) in [5, 5.41) is 3.89. The Kier molecular flexibility index (Phi) is 5.45. The first-order valence-electron chi connectivity index (χ1n) is 6.16. The number of halogens is 3. The van der Waals surface area contributed by atoms with Crippen LogP contribution >= 0.6 is 39.1 Å². The van der Waals surface area contributed by atoms with E-state index in [-0.39, 0.29) is 5.91 Å². The van der Waals surface area contributed by atoms with Crippen molar-refractivity contribution in [3.05, 3.63) is 68.1 Å². The van der Waals surface area contributed by atoms with Crippen LogP contribution in [-0.4, -0.2) is 5.91 Å². The monoisotopic (exact) mass is 383 g/mol. The summed E-state index contributed by atoms with van der Waals surface area (Å²) >= 11 is 15.3. The van der Waals surface area contributed by atoms with Gasteiger partial charge in [0, 0.05) is 26.3 Å². The number of aryl methyl sites for hydroxylation is 1. The van der Waals surface area contributed by atoms with Crippen LogP contribution in [0.4, 0.5) is 5.69 Å². The molecule has 0 bridgehead atoms. The van der Waals surface area contributed by atoms with E-state index in [1.54, 1.807) is 24.3 Å². The Morgan fingerprint density at radius 2 is 1.95 bits per heavy atom. The molecule has 21 heavy (non-hydrogen) atoms. The largest absolute Gasteiger partial charge is 0.322 e. The van der Waals surface area contributed by atoms with Crippen molar-refractivity contribution in [3.63, 3.8) is 0 Å². The molecule has 0 fully saturated rings. The highest BCUT2D eigenvalue weighted by molar-refractivity contribution is 9.10. The number of amides is 1. The number of rotatable bonds is 3. The van der Waals surface area contributed by atoms with Crippen LogP contribution in [0.15, 0.2) is 46.9 Å². The van der Waals surface area contributed by atoms with Gasteiger partial charge >= 0.3 is 0 Å². The van der Waals surface area contributed by atoms with Crippen LogP contribution in [-0.2, 0) is 4.79 Å². The summed E-state index contributed by atoms with van der Waals surface area (Å²) in [5.41, 5.74) is 2.49. The second kappa shape index (κ2) is 7.12. The Labute approximate surface area is 141 Å². The van der Waals surface area contributed by atoms with Gasteiger partial charge in [-0.05, 0) is 54.5 Å². The quantitative estimate of drug-likeness (QED) is 0.674. The third-order valence-corrected chi connectivity index (χ3v) is 3.88. The molecule has 5 heteroatoms. The van der Waals surface area contributed by atoms with Crippen LogP contribution in [0.5, 0.6) is 0 Å². The van der Waals surface area contributed by atoms with E-state index in [2.05, 4.69) is 21.2 Å². The molecular formula is C16H12BrCl2NO. The SMILES string of the molecule is Cc1cc(Br)ccc1NC(=O)C=Cc1ccc(Cl)cc1Cl. The molecule has 1 N–H and O–H groups in total. The molecule has 2 aromatic rings. The van der Waals surface area contributed by atoms with E-state index < -0.39 is 0 Å². The molecule has 0 saturated heterocycles. The fourth-order valence-corrected chi connectivity index (χ4v) is 2.69. The molecule has 0 spiro atoms. The van der Waals surface area contributed by atoms with Crippen molar-refractivity contribution in [2.45, 2.75) is 6.92 Å². The molecule has 0 aliphatic rings. The van der Waals surface area contributed by atoms with Gasteiger partial charge in [-0.25, -0.2) is 0 Å². The maximum atomic E-state index is 11.9. The first-order valence-corrected chi connectivity index (χ1v) is 7.71. The van der Waals surface area contributed by atoms with E-state index in [9.17, 15) is 4.79 Å². The summed E-state index contributed by atoms with van der Waals surface area (Å²) in [7, 11) is 0. The van der Waals surface area contributed by atoms with E-state index in [1.807, 2.05) is 25.1 Å². The lowest BCUT2D eigenvalue weighted by atomic mass is 10.2. The highest BCUT2D eigenvalue weighted by Gasteiger charge is 2.03. The van der Waals surface area contributed by atoms with Gasteiger partial charge in [0.1, 0.15) is 0 Å². The molecular weight excluding hydrogens is 373 g/mol. The molecule has 2 aromatic carbocycles. The second-order valence-corrected chi connectivity index (χ2v) is 6.21. The normalized spacial score (nSPS) is 10.9. The zero-order valence-electron chi connectivity index (χ0n) is 11.2. The fourth-order valence-electron chi connectivity index (χ4n) is 1.74. The average molecular weight is 385 g/mol. The summed E-state index contributed by atoms with van der Waals surface area (Å²) in [6.07, 6.45) is 3.10. The van der Waals surface area contributed by atoms with E-state index >= 15 is 0 Å². The number of nitrogens with one attached hydrogen (secondary N) is 1. The summed E-state index contributed by atoms with van der Waals surface area (Å²) in [5.74, 6) is -0.216. The first kappa shape index (κ1) is 16.1. The average Bonchev–Trinajstić information content (AvgIpc) is 2.41. The Bertz CT molecular complexity index is 713. The molecule has 0 aliphatic heterocycles. The van der Waals surface area contributed by atoms with Crippen LogP contribution in [0.3, 0.4) is 0 Å². The molecule has 2 rings (SSSR count). The molecule has 0 atom stereocenters. The van der Waals surface area contributed by atoms with Crippen molar-refractivity contribution >= 4 is 56.8 Å². The molecule has 2 nitrogen and oxygen atoms in total. The second-order valence-electron chi connectivity index (χ2n) is 4.45. The van der Waals surface area contributed by atoms with Crippen molar-refractivity contribution in [2.24, 2.45) is 0 Å². The number of carbonyl (C=O) groups excluding carboxylic acids is 1. The van der Waals surface area contributed by atoms with Gasteiger partial charge in [0.15, 0.2) is 0 Å². The minimum absolute atomic E-state index is 0.216. The van der Waals surface area contributed by atoms with Gasteiger partial charge in [-0.3, -0.25) is 4.79 Å². The van der Waals surface area contributed by atoms with E-state index in [0.717, 1.165) is 21.3 Å². The minimum Gasteiger partial charge on any atom is -0.322 e. The predicted octanol–water partition coefficient (Wildman–Crippen LogP) is 5.72. The topological polar surface area (TPSA) is 29.1 Å². The molecule has 0 unspecified atom stereocenters. The maximum Gasteiger partial charge on any atom is 0.248 e. The molecule has 0 radical (unpaired) electrons. The molecule has 1 amide bonds. The molecule has 0 heterocycles.